The van der Waals surface area contributed by atoms with Gasteiger partial charge in [0.2, 0.25) is 0 Å². The number of hydrogen-bond donors (Lipinski definition) is 2. The van der Waals surface area contributed by atoms with Gasteiger partial charge in [0.25, 0.3) is 0 Å². The molecule has 6 heteroatoms. The predicted molar refractivity (Wildman–Crippen MR) is 94.8 cm³/mol. The maximum Gasteiger partial charge on any atom is 0.305 e. The van der Waals surface area contributed by atoms with Gasteiger partial charge in [-0.05, 0) is 33.6 Å². The summed E-state index contributed by atoms with van der Waals surface area (Å²) in [6.45, 7) is 7.39. The number of halogens is 1. The first-order chi connectivity index (χ1) is 9.10. The van der Waals surface area contributed by atoms with Crippen LogP contribution in [0.5, 0.6) is 0 Å². The number of aliphatic imine (C=N–C) groups is 1. The summed E-state index contributed by atoms with van der Waals surface area (Å²) in [6, 6.07) is 0.385. The summed E-state index contributed by atoms with van der Waals surface area (Å²) in [4.78, 5) is 15.2. The second kappa shape index (κ2) is 14.9. The molecule has 20 heavy (non-hydrogen) atoms. The van der Waals surface area contributed by atoms with Gasteiger partial charge in [-0.15, -0.1) is 24.0 Å². The molecule has 2 N–H and O–H groups in total. The lowest BCUT2D eigenvalue weighted by Crippen LogP contribution is -2.41. The third-order valence-electron chi connectivity index (χ3n) is 2.55. The molecule has 0 unspecified atom stereocenters. The Morgan fingerprint density at radius 2 is 1.85 bits per heavy atom. The normalized spacial score (nSPS) is 10.9. The van der Waals surface area contributed by atoms with Crippen molar-refractivity contribution in [3.05, 3.63) is 0 Å². The van der Waals surface area contributed by atoms with Crippen LogP contribution >= 0.6 is 24.0 Å². The molecule has 120 valence electrons. The molecule has 0 bridgehead atoms. The van der Waals surface area contributed by atoms with Gasteiger partial charge >= 0.3 is 5.97 Å². The Labute approximate surface area is 140 Å². The second-order valence-corrected chi connectivity index (χ2v) is 4.77. The molecule has 0 saturated carbocycles. The fourth-order valence-corrected chi connectivity index (χ4v) is 1.66. The van der Waals surface area contributed by atoms with Crippen LogP contribution in [-0.4, -0.2) is 38.2 Å². The molecule has 0 aliphatic heterocycles. The van der Waals surface area contributed by atoms with E-state index in [0.717, 1.165) is 38.2 Å². The zero-order valence-electron chi connectivity index (χ0n) is 13.2. The summed E-state index contributed by atoms with van der Waals surface area (Å²) in [5.74, 6) is 0.767. The number of nitrogens with zero attached hydrogens (tertiary/aromatic N) is 1. The van der Waals surface area contributed by atoms with Crippen molar-refractivity contribution in [2.75, 3.05) is 20.2 Å². The summed E-state index contributed by atoms with van der Waals surface area (Å²) in [6.07, 6.45) is 4.72. The first-order valence-electron chi connectivity index (χ1n) is 7.23. The molecule has 0 fully saturated rings. The highest BCUT2D eigenvalue weighted by molar-refractivity contribution is 14.0. The van der Waals surface area contributed by atoms with Crippen molar-refractivity contribution < 1.29 is 9.53 Å². The average Bonchev–Trinajstić information content (AvgIpc) is 2.36. The number of carbonyl (C=O) groups is 1. The summed E-state index contributed by atoms with van der Waals surface area (Å²) < 4.78 is 4.88. The average molecular weight is 399 g/mol. The zero-order valence-corrected chi connectivity index (χ0v) is 15.5. The SMILES string of the molecule is CCOC(=O)CCCCCCNC(=NC)NC(C)C.I. The van der Waals surface area contributed by atoms with Gasteiger partial charge in [-0.1, -0.05) is 12.8 Å². The van der Waals surface area contributed by atoms with Crippen molar-refractivity contribution in [3.8, 4) is 0 Å². The van der Waals surface area contributed by atoms with E-state index >= 15 is 0 Å². The molecule has 0 saturated heterocycles. The van der Waals surface area contributed by atoms with Gasteiger partial charge in [-0.25, -0.2) is 0 Å². The number of guanidine groups is 1. The Morgan fingerprint density at radius 3 is 2.40 bits per heavy atom. The fraction of sp³-hybridized carbons (Fsp3) is 0.857. The molecule has 0 spiro atoms. The van der Waals surface area contributed by atoms with E-state index in [1.54, 1.807) is 7.05 Å². The molecule has 0 aliphatic carbocycles. The molecule has 0 amide bonds. The van der Waals surface area contributed by atoms with Gasteiger partial charge in [-0.2, -0.15) is 0 Å². The van der Waals surface area contributed by atoms with Crippen LogP contribution in [0.15, 0.2) is 4.99 Å². The molecule has 0 aromatic carbocycles. The molecule has 5 nitrogen and oxygen atoms in total. The first-order valence-corrected chi connectivity index (χ1v) is 7.23. The number of hydrogen-bond acceptors (Lipinski definition) is 3. The van der Waals surface area contributed by atoms with Crippen LogP contribution in [0.1, 0.15) is 52.9 Å². The van der Waals surface area contributed by atoms with E-state index in [1.807, 2.05) is 6.92 Å². The highest BCUT2D eigenvalue weighted by Gasteiger charge is 2.01. The quantitative estimate of drug-likeness (QED) is 0.206. The maximum atomic E-state index is 11.1. The standard InChI is InChI=1S/C14H29N3O2.HI/c1-5-19-13(18)10-8-6-7-9-11-16-14(15-4)17-12(2)3;/h12H,5-11H2,1-4H3,(H2,15,16,17);1H. The molecule has 0 aromatic heterocycles. The minimum atomic E-state index is -0.0813. The highest BCUT2D eigenvalue weighted by Crippen LogP contribution is 2.03. The second-order valence-electron chi connectivity index (χ2n) is 4.77. The van der Waals surface area contributed by atoms with E-state index in [1.165, 1.54) is 0 Å². The summed E-state index contributed by atoms with van der Waals surface area (Å²) in [5, 5.41) is 6.51. The number of carbonyl (C=O) groups excluding carboxylic acids is 1. The third-order valence-corrected chi connectivity index (χ3v) is 2.55. The number of unbranched alkanes of at least 4 members (excludes halogenated alkanes) is 3. The Morgan fingerprint density at radius 1 is 1.20 bits per heavy atom. The Hall–Kier alpha value is -0.530. The summed E-state index contributed by atoms with van der Waals surface area (Å²) in [7, 11) is 1.77. The van der Waals surface area contributed by atoms with Crippen LogP contribution in [0.2, 0.25) is 0 Å². The van der Waals surface area contributed by atoms with Crippen LogP contribution in [0.25, 0.3) is 0 Å². The topological polar surface area (TPSA) is 62.7 Å². The van der Waals surface area contributed by atoms with Crippen molar-refractivity contribution in [1.82, 2.24) is 10.6 Å². The highest BCUT2D eigenvalue weighted by atomic mass is 127. The Balaban J connectivity index is 0. The zero-order chi connectivity index (χ0) is 14.5. The van der Waals surface area contributed by atoms with Gasteiger partial charge in [0.05, 0.1) is 6.61 Å². The lowest BCUT2D eigenvalue weighted by atomic mass is 10.1. The maximum absolute atomic E-state index is 11.1. The minimum absolute atomic E-state index is 0. The van der Waals surface area contributed by atoms with Crippen molar-refractivity contribution >= 4 is 35.9 Å². The van der Waals surface area contributed by atoms with Crippen molar-refractivity contribution in [1.29, 1.82) is 0 Å². The Bertz CT molecular complexity index is 271. The number of esters is 1. The van der Waals surface area contributed by atoms with Crippen LogP contribution < -0.4 is 10.6 Å². The van der Waals surface area contributed by atoms with E-state index in [2.05, 4.69) is 29.5 Å². The molecule has 0 heterocycles. The summed E-state index contributed by atoms with van der Waals surface area (Å²) >= 11 is 0. The monoisotopic (exact) mass is 399 g/mol. The molecular formula is C14H30IN3O2. The molecule has 0 aromatic rings. The van der Waals surface area contributed by atoms with E-state index < -0.39 is 0 Å². The molecular weight excluding hydrogens is 369 g/mol. The van der Waals surface area contributed by atoms with E-state index in [4.69, 9.17) is 4.74 Å². The van der Waals surface area contributed by atoms with Crippen LogP contribution in [0.3, 0.4) is 0 Å². The van der Waals surface area contributed by atoms with Crippen molar-refractivity contribution in [2.24, 2.45) is 4.99 Å². The van der Waals surface area contributed by atoms with E-state index in [-0.39, 0.29) is 29.9 Å². The first kappa shape index (κ1) is 21.8. The van der Waals surface area contributed by atoms with Gasteiger partial charge in [0, 0.05) is 26.1 Å². The van der Waals surface area contributed by atoms with Crippen molar-refractivity contribution in [2.45, 2.75) is 58.9 Å². The predicted octanol–water partition coefficient (Wildman–Crippen LogP) is 2.69. The van der Waals surface area contributed by atoms with Gasteiger partial charge in [0.15, 0.2) is 5.96 Å². The number of nitrogens with one attached hydrogen (secondary N) is 2. The fourth-order valence-electron chi connectivity index (χ4n) is 1.66. The largest absolute Gasteiger partial charge is 0.466 e. The molecule has 0 aliphatic rings. The van der Waals surface area contributed by atoms with Crippen LogP contribution in [-0.2, 0) is 9.53 Å². The van der Waals surface area contributed by atoms with Gasteiger partial charge in [-0.3, -0.25) is 9.79 Å². The summed E-state index contributed by atoms with van der Waals surface area (Å²) in [5.41, 5.74) is 0. The van der Waals surface area contributed by atoms with E-state index in [0.29, 0.717) is 19.1 Å². The van der Waals surface area contributed by atoms with Crippen LogP contribution in [0, 0.1) is 0 Å². The smallest absolute Gasteiger partial charge is 0.305 e. The Kier molecular flexibility index (Phi) is 16.2. The minimum Gasteiger partial charge on any atom is -0.466 e. The van der Waals surface area contributed by atoms with Crippen molar-refractivity contribution in [3.63, 3.8) is 0 Å². The van der Waals surface area contributed by atoms with Gasteiger partial charge < -0.3 is 15.4 Å². The number of ether oxygens (including phenoxy) is 1. The molecule has 0 rings (SSSR count). The third kappa shape index (κ3) is 13.9. The van der Waals surface area contributed by atoms with Gasteiger partial charge in [0.1, 0.15) is 0 Å². The number of rotatable bonds is 9. The lowest BCUT2D eigenvalue weighted by Gasteiger charge is -2.14. The lowest BCUT2D eigenvalue weighted by molar-refractivity contribution is -0.143. The van der Waals surface area contributed by atoms with E-state index in [9.17, 15) is 4.79 Å². The molecule has 0 atom stereocenters. The molecule has 0 radical (unpaired) electrons. The van der Waals surface area contributed by atoms with Crippen LogP contribution in [0.4, 0.5) is 0 Å².